The molecule has 0 aromatic carbocycles. The first-order valence-corrected chi connectivity index (χ1v) is 6.66. The smallest absolute Gasteiger partial charge is 0.239 e. The summed E-state index contributed by atoms with van der Waals surface area (Å²) >= 11 is 0. The van der Waals surface area contributed by atoms with E-state index in [1.165, 1.54) is 0 Å². The van der Waals surface area contributed by atoms with Crippen LogP contribution in [0.25, 0.3) is 0 Å². The second-order valence-electron chi connectivity index (χ2n) is 4.68. The SMILES string of the molecule is CCCN(CC(=O)NC)c1nc(C)cc(C)c1CN. The minimum Gasteiger partial charge on any atom is -0.358 e. The average molecular weight is 264 g/mol. The number of nitrogens with two attached hydrogens (primary N) is 1. The molecule has 0 saturated carbocycles. The highest BCUT2D eigenvalue weighted by atomic mass is 16.1. The number of amides is 1. The van der Waals surface area contributed by atoms with Crippen LogP contribution >= 0.6 is 0 Å². The molecule has 3 N–H and O–H groups in total. The highest BCUT2D eigenvalue weighted by Crippen LogP contribution is 2.22. The number of anilines is 1. The maximum absolute atomic E-state index is 11.6. The van der Waals surface area contributed by atoms with Gasteiger partial charge in [0.1, 0.15) is 5.82 Å². The normalized spacial score (nSPS) is 10.4. The van der Waals surface area contributed by atoms with E-state index in [-0.39, 0.29) is 5.91 Å². The van der Waals surface area contributed by atoms with E-state index in [9.17, 15) is 4.79 Å². The summed E-state index contributed by atoms with van der Waals surface area (Å²) in [6.45, 7) is 7.61. The number of rotatable bonds is 6. The summed E-state index contributed by atoms with van der Waals surface area (Å²) in [5.74, 6) is 0.822. The molecule has 0 bridgehead atoms. The Morgan fingerprint density at radius 1 is 1.47 bits per heavy atom. The Morgan fingerprint density at radius 3 is 2.68 bits per heavy atom. The molecule has 19 heavy (non-hydrogen) atoms. The van der Waals surface area contributed by atoms with Crippen molar-refractivity contribution in [2.24, 2.45) is 5.73 Å². The Kier molecular flexibility index (Phi) is 5.76. The van der Waals surface area contributed by atoms with Gasteiger partial charge in [0.15, 0.2) is 0 Å². The standard InChI is InChI=1S/C14H24N4O/c1-5-6-18(9-13(19)16-4)14-12(8-15)10(2)7-11(3)17-14/h7H,5-6,8-9,15H2,1-4H3,(H,16,19). The van der Waals surface area contributed by atoms with Crippen LogP contribution in [0.4, 0.5) is 5.82 Å². The van der Waals surface area contributed by atoms with Gasteiger partial charge in [-0.15, -0.1) is 0 Å². The van der Waals surface area contributed by atoms with Crippen molar-refractivity contribution in [1.29, 1.82) is 0 Å². The Labute approximate surface area is 115 Å². The predicted octanol–water partition coefficient (Wildman–Crippen LogP) is 1.12. The van der Waals surface area contributed by atoms with E-state index in [1.807, 2.05) is 24.8 Å². The summed E-state index contributed by atoms with van der Waals surface area (Å²) in [4.78, 5) is 18.2. The van der Waals surface area contributed by atoms with E-state index in [2.05, 4.69) is 17.2 Å². The van der Waals surface area contributed by atoms with Crippen LogP contribution in [0.5, 0.6) is 0 Å². The first-order chi connectivity index (χ1) is 9.03. The van der Waals surface area contributed by atoms with Crippen molar-refractivity contribution < 1.29 is 4.79 Å². The number of hydrogen-bond acceptors (Lipinski definition) is 4. The fourth-order valence-electron chi connectivity index (χ4n) is 2.14. The number of likely N-dealkylation sites (N-methyl/N-ethyl adjacent to an activating group) is 1. The Balaban J connectivity index is 3.16. The fourth-order valence-corrected chi connectivity index (χ4v) is 2.14. The van der Waals surface area contributed by atoms with Gasteiger partial charge >= 0.3 is 0 Å². The lowest BCUT2D eigenvalue weighted by Gasteiger charge is -2.25. The molecule has 0 aliphatic rings. The van der Waals surface area contributed by atoms with Gasteiger partial charge in [-0.3, -0.25) is 4.79 Å². The van der Waals surface area contributed by atoms with Crippen molar-refractivity contribution in [2.45, 2.75) is 33.7 Å². The number of carbonyl (C=O) groups is 1. The summed E-state index contributed by atoms with van der Waals surface area (Å²) in [5, 5.41) is 2.65. The summed E-state index contributed by atoms with van der Waals surface area (Å²) in [7, 11) is 1.64. The number of nitrogens with one attached hydrogen (secondary N) is 1. The van der Waals surface area contributed by atoms with E-state index < -0.39 is 0 Å². The van der Waals surface area contributed by atoms with Crippen LogP contribution in [-0.2, 0) is 11.3 Å². The van der Waals surface area contributed by atoms with Crippen molar-refractivity contribution >= 4 is 11.7 Å². The van der Waals surface area contributed by atoms with Gasteiger partial charge < -0.3 is 16.0 Å². The van der Waals surface area contributed by atoms with Crippen molar-refractivity contribution in [3.05, 3.63) is 22.9 Å². The molecule has 1 aromatic rings. The lowest BCUT2D eigenvalue weighted by atomic mass is 10.1. The fraction of sp³-hybridized carbons (Fsp3) is 0.571. The zero-order chi connectivity index (χ0) is 14.4. The minimum absolute atomic E-state index is 0.0163. The third-order valence-electron chi connectivity index (χ3n) is 3.06. The molecule has 5 nitrogen and oxygen atoms in total. The molecule has 0 saturated heterocycles. The van der Waals surface area contributed by atoms with Gasteiger partial charge in [0.2, 0.25) is 5.91 Å². The number of carbonyl (C=O) groups excluding carboxylic acids is 1. The summed E-state index contributed by atoms with van der Waals surface area (Å²) < 4.78 is 0. The summed E-state index contributed by atoms with van der Waals surface area (Å²) in [5.41, 5.74) is 8.92. The molecule has 0 radical (unpaired) electrons. The average Bonchev–Trinajstić information content (AvgIpc) is 2.37. The predicted molar refractivity (Wildman–Crippen MR) is 78.2 cm³/mol. The van der Waals surface area contributed by atoms with Crippen molar-refractivity contribution in [3.63, 3.8) is 0 Å². The first-order valence-electron chi connectivity index (χ1n) is 6.66. The lowest BCUT2D eigenvalue weighted by molar-refractivity contribution is -0.119. The van der Waals surface area contributed by atoms with Gasteiger partial charge in [-0.1, -0.05) is 6.92 Å². The third-order valence-corrected chi connectivity index (χ3v) is 3.06. The zero-order valence-electron chi connectivity index (χ0n) is 12.3. The molecule has 0 atom stereocenters. The molecule has 106 valence electrons. The molecule has 0 unspecified atom stereocenters. The molecule has 0 aliphatic heterocycles. The van der Waals surface area contributed by atoms with Gasteiger partial charge in [-0.05, 0) is 31.9 Å². The monoisotopic (exact) mass is 264 g/mol. The van der Waals surface area contributed by atoms with E-state index >= 15 is 0 Å². The van der Waals surface area contributed by atoms with Crippen LogP contribution in [0.2, 0.25) is 0 Å². The van der Waals surface area contributed by atoms with Gasteiger partial charge in [0.05, 0.1) is 6.54 Å². The van der Waals surface area contributed by atoms with Crippen molar-refractivity contribution in [3.8, 4) is 0 Å². The molecule has 1 aromatic heterocycles. The number of nitrogens with zero attached hydrogens (tertiary/aromatic N) is 2. The quantitative estimate of drug-likeness (QED) is 0.807. The molecule has 1 rings (SSSR count). The molecule has 1 heterocycles. The van der Waals surface area contributed by atoms with Crippen molar-refractivity contribution in [1.82, 2.24) is 10.3 Å². The third kappa shape index (κ3) is 3.92. The molecular formula is C14H24N4O. The van der Waals surface area contributed by atoms with Crippen molar-refractivity contribution in [2.75, 3.05) is 25.0 Å². The summed E-state index contributed by atoms with van der Waals surface area (Å²) in [6.07, 6.45) is 0.954. The molecular weight excluding hydrogens is 240 g/mol. The highest BCUT2D eigenvalue weighted by Gasteiger charge is 2.16. The molecule has 0 fully saturated rings. The summed E-state index contributed by atoms with van der Waals surface area (Å²) in [6, 6.07) is 2.02. The number of aromatic nitrogens is 1. The molecule has 5 heteroatoms. The van der Waals surface area contributed by atoms with E-state index in [0.717, 1.165) is 35.6 Å². The topological polar surface area (TPSA) is 71.2 Å². The van der Waals surface area contributed by atoms with E-state index in [4.69, 9.17) is 5.73 Å². The maximum atomic E-state index is 11.6. The molecule has 1 amide bonds. The second kappa shape index (κ2) is 7.09. The van der Waals surface area contributed by atoms with Crippen LogP contribution in [0.15, 0.2) is 6.07 Å². The van der Waals surface area contributed by atoms with E-state index in [1.54, 1.807) is 7.05 Å². The Bertz CT molecular complexity index is 445. The van der Waals surface area contributed by atoms with Gasteiger partial charge in [0, 0.05) is 31.4 Å². The molecule has 0 spiro atoms. The Morgan fingerprint density at radius 2 is 2.16 bits per heavy atom. The lowest BCUT2D eigenvalue weighted by Crippen LogP contribution is -2.37. The second-order valence-corrected chi connectivity index (χ2v) is 4.68. The zero-order valence-corrected chi connectivity index (χ0v) is 12.3. The van der Waals surface area contributed by atoms with Gasteiger partial charge in [-0.25, -0.2) is 4.98 Å². The van der Waals surface area contributed by atoms with E-state index in [0.29, 0.717) is 13.1 Å². The highest BCUT2D eigenvalue weighted by molar-refractivity contribution is 5.81. The molecule has 0 aliphatic carbocycles. The van der Waals surface area contributed by atoms with Crippen LogP contribution in [0, 0.1) is 13.8 Å². The largest absolute Gasteiger partial charge is 0.358 e. The van der Waals surface area contributed by atoms with Crippen LogP contribution in [-0.4, -0.2) is 31.0 Å². The number of hydrogen-bond donors (Lipinski definition) is 2. The Hall–Kier alpha value is -1.62. The number of pyridine rings is 1. The van der Waals surface area contributed by atoms with Gasteiger partial charge in [0.25, 0.3) is 0 Å². The minimum atomic E-state index is -0.0163. The van der Waals surface area contributed by atoms with Crippen LogP contribution in [0.1, 0.15) is 30.2 Å². The van der Waals surface area contributed by atoms with Gasteiger partial charge in [-0.2, -0.15) is 0 Å². The van der Waals surface area contributed by atoms with Crippen LogP contribution in [0.3, 0.4) is 0 Å². The maximum Gasteiger partial charge on any atom is 0.239 e. The van der Waals surface area contributed by atoms with Crippen LogP contribution < -0.4 is 16.0 Å². The number of aryl methyl sites for hydroxylation is 2. The first kappa shape index (κ1) is 15.4.